The first kappa shape index (κ1) is 14.1. The lowest BCUT2D eigenvalue weighted by Gasteiger charge is -2.30. The molecule has 1 aromatic rings. The number of non-ortho nitro benzene ring substituents is 1. The molecule has 1 amide bonds. The van der Waals surface area contributed by atoms with Crippen molar-refractivity contribution >= 4 is 35.0 Å². The first-order valence-electron chi connectivity index (χ1n) is 5.84. The lowest BCUT2D eigenvalue weighted by atomic mass is 10.1. The van der Waals surface area contributed by atoms with E-state index < -0.39 is 4.92 Å². The van der Waals surface area contributed by atoms with Gasteiger partial charge in [0.05, 0.1) is 15.5 Å². The minimum absolute atomic E-state index is 0.107. The molecule has 0 aliphatic carbocycles. The van der Waals surface area contributed by atoms with Crippen molar-refractivity contribution in [1.82, 2.24) is 4.90 Å². The molecule has 0 N–H and O–H groups in total. The number of thioether (sulfide) groups is 1. The van der Waals surface area contributed by atoms with Crippen molar-refractivity contribution in [3.8, 4) is 0 Å². The summed E-state index contributed by atoms with van der Waals surface area (Å²) in [7, 11) is 0. The van der Waals surface area contributed by atoms with Crippen molar-refractivity contribution in [1.29, 1.82) is 0 Å². The third-order valence-electron chi connectivity index (χ3n) is 2.92. The summed E-state index contributed by atoms with van der Waals surface area (Å²) in [6, 6.07) is 3.95. The number of hydrogen-bond acceptors (Lipinski definition) is 4. The zero-order chi connectivity index (χ0) is 14.0. The highest BCUT2D eigenvalue weighted by Crippen LogP contribution is 2.25. The van der Waals surface area contributed by atoms with Crippen LogP contribution in [0.2, 0.25) is 5.02 Å². The lowest BCUT2D eigenvalue weighted by Crippen LogP contribution is -2.41. The molecule has 5 nitrogen and oxygen atoms in total. The van der Waals surface area contributed by atoms with Crippen LogP contribution in [0.3, 0.4) is 0 Å². The summed E-state index contributed by atoms with van der Waals surface area (Å²) in [5.41, 5.74) is 0.218. The number of carbonyl (C=O) groups excluding carboxylic acids is 1. The Labute approximate surface area is 120 Å². The van der Waals surface area contributed by atoms with Crippen LogP contribution in [0.15, 0.2) is 18.2 Å². The quantitative estimate of drug-likeness (QED) is 0.622. The van der Waals surface area contributed by atoms with E-state index in [1.54, 1.807) is 4.90 Å². The zero-order valence-corrected chi connectivity index (χ0v) is 11.9. The molecule has 19 heavy (non-hydrogen) atoms. The van der Waals surface area contributed by atoms with E-state index >= 15 is 0 Å². The topological polar surface area (TPSA) is 63.5 Å². The second kappa shape index (κ2) is 5.79. The molecule has 102 valence electrons. The summed E-state index contributed by atoms with van der Waals surface area (Å²) in [6.07, 6.45) is 0. The number of nitro groups is 1. The fraction of sp³-hybridized carbons (Fsp3) is 0.417. The molecular formula is C12H13ClN2O3S. The Hall–Kier alpha value is -1.27. The molecule has 2 rings (SSSR count). The van der Waals surface area contributed by atoms with Gasteiger partial charge in [-0.2, -0.15) is 11.8 Å². The number of benzene rings is 1. The maximum atomic E-state index is 12.3. The fourth-order valence-electron chi connectivity index (χ4n) is 1.96. The highest BCUT2D eigenvalue weighted by molar-refractivity contribution is 7.99. The molecule has 7 heteroatoms. The summed E-state index contributed by atoms with van der Waals surface area (Å²) in [5, 5.41) is 11.2. The highest BCUT2D eigenvalue weighted by atomic mass is 35.5. The molecule has 1 fully saturated rings. The van der Waals surface area contributed by atoms with Crippen LogP contribution in [-0.2, 0) is 0 Å². The normalized spacial score (nSPS) is 19.3. The molecule has 1 aliphatic heterocycles. The Bertz CT molecular complexity index is 524. The van der Waals surface area contributed by atoms with E-state index in [4.69, 9.17) is 11.6 Å². The van der Waals surface area contributed by atoms with Crippen molar-refractivity contribution in [3.63, 3.8) is 0 Å². The summed E-state index contributed by atoms with van der Waals surface area (Å²) in [6.45, 7) is 3.43. The van der Waals surface area contributed by atoms with Gasteiger partial charge in [-0.3, -0.25) is 14.9 Å². The molecular weight excluding hydrogens is 288 g/mol. The summed E-state index contributed by atoms with van der Waals surface area (Å²) < 4.78 is 0. The van der Waals surface area contributed by atoms with Gasteiger partial charge in [-0.15, -0.1) is 0 Å². The Kier molecular flexibility index (Phi) is 4.31. The third kappa shape index (κ3) is 3.19. The molecule has 0 aromatic heterocycles. The predicted octanol–water partition coefficient (Wildman–Crippen LogP) is 2.83. The summed E-state index contributed by atoms with van der Waals surface area (Å²) in [4.78, 5) is 24.2. The van der Waals surface area contributed by atoms with E-state index in [0.717, 1.165) is 5.75 Å². The van der Waals surface area contributed by atoms with E-state index in [2.05, 4.69) is 6.92 Å². The number of carbonyl (C=O) groups is 1. The Morgan fingerprint density at radius 1 is 1.58 bits per heavy atom. The van der Waals surface area contributed by atoms with E-state index in [9.17, 15) is 14.9 Å². The molecule has 0 bridgehead atoms. The van der Waals surface area contributed by atoms with Gasteiger partial charge in [-0.05, 0) is 6.07 Å². The van der Waals surface area contributed by atoms with Gasteiger partial charge >= 0.3 is 0 Å². The highest BCUT2D eigenvalue weighted by Gasteiger charge is 2.24. The van der Waals surface area contributed by atoms with Crippen molar-refractivity contribution in [3.05, 3.63) is 38.9 Å². The minimum atomic E-state index is -0.528. The molecule has 1 saturated heterocycles. The SMILES string of the molecule is CC1CN(C(=O)c2ccc([N+](=O)[O-])cc2Cl)CCS1. The van der Waals surface area contributed by atoms with E-state index in [1.807, 2.05) is 11.8 Å². The van der Waals surface area contributed by atoms with Crippen LogP contribution in [0.25, 0.3) is 0 Å². The van der Waals surface area contributed by atoms with Gasteiger partial charge in [0.25, 0.3) is 11.6 Å². The van der Waals surface area contributed by atoms with E-state index in [0.29, 0.717) is 23.9 Å². The van der Waals surface area contributed by atoms with Gasteiger partial charge in [0.1, 0.15) is 0 Å². The van der Waals surface area contributed by atoms with E-state index in [1.165, 1.54) is 18.2 Å². The Balaban J connectivity index is 2.21. The van der Waals surface area contributed by atoms with E-state index in [-0.39, 0.29) is 16.6 Å². The smallest absolute Gasteiger partial charge is 0.270 e. The maximum absolute atomic E-state index is 12.3. The monoisotopic (exact) mass is 300 g/mol. The first-order valence-corrected chi connectivity index (χ1v) is 7.26. The predicted molar refractivity (Wildman–Crippen MR) is 75.9 cm³/mol. The van der Waals surface area contributed by atoms with Crippen LogP contribution >= 0.6 is 23.4 Å². The van der Waals surface area contributed by atoms with Crippen LogP contribution in [0.4, 0.5) is 5.69 Å². The second-order valence-corrected chi connectivity index (χ2v) is 6.31. The maximum Gasteiger partial charge on any atom is 0.270 e. The average Bonchev–Trinajstić information content (AvgIpc) is 2.37. The Morgan fingerprint density at radius 3 is 2.89 bits per heavy atom. The number of halogens is 1. The number of nitrogens with zero attached hydrogens (tertiary/aromatic N) is 2. The second-order valence-electron chi connectivity index (χ2n) is 4.35. The summed E-state index contributed by atoms with van der Waals surface area (Å²) >= 11 is 7.80. The van der Waals surface area contributed by atoms with Crippen LogP contribution in [0, 0.1) is 10.1 Å². The van der Waals surface area contributed by atoms with Gasteiger partial charge in [0, 0.05) is 36.2 Å². The molecule has 1 heterocycles. The first-order chi connectivity index (χ1) is 8.99. The van der Waals surface area contributed by atoms with Crippen molar-refractivity contribution in [2.75, 3.05) is 18.8 Å². The standard InChI is InChI=1S/C12H13ClN2O3S/c1-8-7-14(4-5-19-8)12(16)10-3-2-9(15(17)18)6-11(10)13/h2-3,6,8H,4-5,7H2,1H3. The van der Waals surface area contributed by atoms with Crippen LogP contribution < -0.4 is 0 Å². The Morgan fingerprint density at radius 2 is 2.32 bits per heavy atom. The number of amides is 1. The minimum Gasteiger partial charge on any atom is -0.337 e. The van der Waals surface area contributed by atoms with Crippen LogP contribution in [-0.4, -0.2) is 39.8 Å². The van der Waals surface area contributed by atoms with Gasteiger partial charge in [0.2, 0.25) is 0 Å². The zero-order valence-electron chi connectivity index (χ0n) is 10.3. The molecule has 0 radical (unpaired) electrons. The molecule has 1 atom stereocenters. The van der Waals surface area contributed by atoms with Crippen molar-refractivity contribution in [2.45, 2.75) is 12.2 Å². The molecule has 0 saturated carbocycles. The average molecular weight is 301 g/mol. The van der Waals surface area contributed by atoms with Crippen LogP contribution in [0.1, 0.15) is 17.3 Å². The third-order valence-corrected chi connectivity index (χ3v) is 4.37. The van der Waals surface area contributed by atoms with Gasteiger partial charge in [-0.25, -0.2) is 0 Å². The van der Waals surface area contributed by atoms with Crippen LogP contribution in [0.5, 0.6) is 0 Å². The molecule has 0 spiro atoms. The molecule has 1 aromatic carbocycles. The molecule has 1 aliphatic rings. The number of nitro benzene ring substituents is 1. The van der Waals surface area contributed by atoms with Crippen molar-refractivity contribution < 1.29 is 9.72 Å². The van der Waals surface area contributed by atoms with Crippen molar-refractivity contribution in [2.24, 2.45) is 0 Å². The fourth-order valence-corrected chi connectivity index (χ4v) is 3.23. The van der Waals surface area contributed by atoms with Gasteiger partial charge in [0.15, 0.2) is 0 Å². The number of rotatable bonds is 2. The lowest BCUT2D eigenvalue weighted by molar-refractivity contribution is -0.384. The van der Waals surface area contributed by atoms with Gasteiger partial charge in [-0.1, -0.05) is 18.5 Å². The van der Waals surface area contributed by atoms with Gasteiger partial charge < -0.3 is 4.90 Å². The molecule has 1 unspecified atom stereocenters. The largest absolute Gasteiger partial charge is 0.337 e. The number of hydrogen-bond donors (Lipinski definition) is 0. The summed E-state index contributed by atoms with van der Waals surface area (Å²) in [5.74, 6) is 0.740.